The lowest BCUT2D eigenvalue weighted by Gasteiger charge is -2.00. The van der Waals surface area contributed by atoms with Gasteiger partial charge in [0.25, 0.3) is 0 Å². The number of benzene rings is 1. The Morgan fingerprint density at radius 3 is 2.54 bits per heavy atom. The molecule has 3 nitrogen and oxygen atoms in total. The van der Waals surface area contributed by atoms with E-state index in [1.807, 2.05) is 30.3 Å². The fourth-order valence-electron chi connectivity index (χ4n) is 1.07. The van der Waals surface area contributed by atoms with E-state index in [2.05, 4.69) is 31.3 Å². The highest BCUT2D eigenvalue weighted by Crippen LogP contribution is 2.23. The highest BCUT2D eigenvalue weighted by atomic mass is 79.9. The molecular formula is C9H6BrN3. The van der Waals surface area contributed by atoms with Crippen LogP contribution in [-0.4, -0.2) is 15.4 Å². The summed E-state index contributed by atoms with van der Waals surface area (Å²) in [4.78, 5) is 0. The predicted molar refractivity (Wildman–Crippen MR) is 53.0 cm³/mol. The first kappa shape index (κ1) is 8.31. The van der Waals surface area contributed by atoms with Crippen LogP contribution in [0, 0.1) is 0 Å². The van der Waals surface area contributed by atoms with Crippen LogP contribution in [0.1, 0.15) is 0 Å². The molecule has 0 bridgehead atoms. The molecule has 0 aliphatic rings. The van der Waals surface area contributed by atoms with Crippen LogP contribution in [0.5, 0.6) is 0 Å². The van der Waals surface area contributed by atoms with E-state index >= 15 is 0 Å². The average molecular weight is 236 g/mol. The molecule has 0 fully saturated rings. The number of rotatable bonds is 1. The number of halogens is 1. The Hall–Kier alpha value is -1.29. The molecule has 4 heteroatoms. The lowest BCUT2D eigenvalue weighted by atomic mass is 10.1. The molecule has 0 aliphatic carbocycles. The fraction of sp³-hybridized carbons (Fsp3) is 0. The van der Waals surface area contributed by atoms with Gasteiger partial charge in [-0.1, -0.05) is 30.3 Å². The summed E-state index contributed by atoms with van der Waals surface area (Å²) in [6.07, 6.45) is 1.69. The summed E-state index contributed by atoms with van der Waals surface area (Å²) in [6, 6.07) is 9.93. The van der Waals surface area contributed by atoms with Crippen LogP contribution < -0.4 is 0 Å². The van der Waals surface area contributed by atoms with Crippen LogP contribution in [0.25, 0.3) is 11.1 Å². The summed E-state index contributed by atoms with van der Waals surface area (Å²) in [5.74, 6) is 0. The van der Waals surface area contributed by atoms with Gasteiger partial charge >= 0.3 is 0 Å². The van der Waals surface area contributed by atoms with Gasteiger partial charge < -0.3 is 0 Å². The van der Waals surface area contributed by atoms with Gasteiger partial charge in [-0.3, -0.25) is 0 Å². The smallest absolute Gasteiger partial charge is 0.138 e. The van der Waals surface area contributed by atoms with Gasteiger partial charge in [-0.15, -0.1) is 10.2 Å². The first-order valence-electron chi connectivity index (χ1n) is 3.77. The van der Waals surface area contributed by atoms with Gasteiger partial charge in [0.2, 0.25) is 0 Å². The van der Waals surface area contributed by atoms with E-state index in [0.717, 1.165) is 11.1 Å². The maximum absolute atomic E-state index is 3.81. The van der Waals surface area contributed by atoms with E-state index in [0.29, 0.717) is 4.60 Å². The molecule has 1 heterocycles. The molecule has 0 unspecified atom stereocenters. The minimum Gasteiger partial charge on any atom is -0.138 e. The largest absolute Gasteiger partial charge is 0.139 e. The van der Waals surface area contributed by atoms with Gasteiger partial charge in [-0.05, 0) is 26.7 Å². The third-order valence-corrected chi connectivity index (χ3v) is 2.26. The molecule has 1 aromatic carbocycles. The predicted octanol–water partition coefficient (Wildman–Crippen LogP) is 2.30. The summed E-state index contributed by atoms with van der Waals surface area (Å²) in [5, 5.41) is 11.1. The van der Waals surface area contributed by atoms with Crippen LogP contribution in [0.4, 0.5) is 0 Å². The first-order valence-corrected chi connectivity index (χ1v) is 4.56. The molecule has 0 N–H and O–H groups in total. The Balaban J connectivity index is 2.54. The van der Waals surface area contributed by atoms with Gasteiger partial charge in [0.1, 0.15) is 4.60 Å². The van der Waals surface area contributed by atoms with Crippen molar-refractivity contribution < 1.29 is 0 Å². The van der Waals surface area contributed by atoms with E-state index in [-0.39, 0.29) is 0 Å². The molecule has 0 aliphatic heterocycles. The zero-order chi connectivity index (χ0) is 9.10. The van der Waals surface area contributed by atoms with Crippen molar-refractivity contribution in [2.24, 2.45) is 0 Å². The zero-order valence-corrected chi connectivity index (χ0v) is 8.27. The minimum absolute atomic E-state index is 0.716. The monoisotopic (exact) mass is 235 g/mol. The Morgan fingerprint density at radius 2 is 1.85 bits per heavy atom. The third-order valence-electron chi connectivity index (χ3n) is 1.68. The normalized spacial score (nSPS) is 9.92. The van der Waals surface area contributed by atoms with Crippen LogP contribution in [0.3, 0.4) is 0 Å². The van der Waals surface area contributed by atoms with Crippen LogP contribution >= 0.6 is 15.9 Å². The van der Waals surface area contributed by atoms with Crippen molar-refractivity contribution in [2.45, 2.75) is 0 Å². The second-order valence-corrected chi connectivity index (χ2v) is 3.26. The fourth-order valence-corrected chi connectivity index (χ4v) is 1.47. The molecule has 2 rings (SSSR count). The average Bonchev–Trinajstić information content (AvgIpc) is 2.20. The molecule has 0 amide bonds. The van der Waals surface area contributed by atoms with Crippen molar-refractivity contribution in [3.8, 4) is 11.1 Å². The van der Waals surface area contributed by atoms with Gasteiger partial charge in [0.05, 0.1) is 6.20 Å². The highest BCUT2D eigenvalue weighted by molar-refractivity contribution is 9.10. The van der Waals surface area contributed by atoms with Crippen molar-refractivity contribution in [3.05, 3.63) is 41.1 Å². The van der Waals surface area contributed by atoms with E-state index in [4.69, 9.17) is 0 Å². The van der Waals surface area contributed by atoms with Crippen molar-refractivity contribution in [2.75, 3.05) is 0 Å². The van der Waals surface area contributed by atoms with Gasteiger partial charge in [0.15, 0.2) is 0 Å². The molecule has 0 radical (unpaired) electrons. The van der Waals surface area contributed by atoms with E-state index < -0.39 is 0 Å². The SMILES string of the molecule is Brc1nnncc1-c1ccccc1. The topological polar surface area (TPSA) is 38.7 Å². The third kappa shape index (κ3) is 1.72. The molecule has 0 saturated carbocycles. The highest BCUT2D eigenvalue weighted by Gasteiger charge is 2.02. The van der Waals surface area contributed by atoms with Crippen molar-refractivity contribution in [1.82, 2.24) is 15.4 Å². The minimum atomic E-state index is 0.716. The summed E-state index contributed by atoms with van der Waals surface area (Å²) in [6.45, 7) is 0. The summed E-state index contributed by atoms with van der Waals surface area (Å²) in [5.41, 5.74) is 2.03. The van der Waals surface area contributed by atoms with Crippen molar-refractivity contribution in [1.29, 1.82) is 0 Å². The van der Waals surface area contributed by atoms with Gasteiger partial charge in [-0.25, -0.2) is 0 Å². The number of nitrogens with zero attached hydrogens (tertiary/aromatic N) is 3. The molecule has 1 aromatic heterocycles. The Bertz CT molecular complexity index is 403. The number of aromatic nitrogens is 3. The molecule has 0 atom stereocenters. The van der Waals surface area contributed by atoms with Crippen LogP contribution in [-0.2, 0) is 0 Å². The Labute approximate surface area is 84.0 Å². The first-order chi connectivity index (χ1) is 6.38. The summed E-state index contributed by atoms with van der Waals surface area (Å²) in [7, 11) is 0. The van der Waals surface area contributed by atoms with E-state index in [9.17, 15) is 0 Å². The van der Waals surface area contributed by atoms with Crippen molar-refractivity contribution in [3.63, 3.8) is 0 Å². The molecule has 64 valence electrons. The standard InChI is InChI=1S/C9H6BrN3/c10-9-8(6-11-13-12-9)7-4-2-1-3-5-7/h1-6H. The summed E-state index contributed by atoms with van der Waals surface area (Å²) < 4.78 is 0.716. The Kier molecular flexibility index (Phi) is 2.31. The molecule has 13 heavy (non-hydrogen) atoms. The number of hydrogen-bond acceptors (Lipinski definition) is 3. The molecule has 0 spiro atoms. The van der Waals surface area contributed by atoms with Crippen LogP contribution in [0.15, 0.2) is 41.1 Å². The lowest BCUT2D eigenvalue weighted by Crippen LogP contribution is -1.89. The lowest BCUT2D eigenvalue weighted by molar-refractivity contribution is 0.852. The van der Waals surface area contributed by atoms with Gasteiger partial charge in [-0.2, -0.15) is 0 Å². The zero-order valence-electron chi connectivity index (χ0n) is 6.68. The maximum atomic E-state index is 3.81. The van der Waals surface area contributed by atoms with E-state index in [1.165, 1.54) is 0 Å². The van der Waals surface area contributed by atoms with E-state index in [1.54, 1.807) is 6.20 Å². The Morgan fingerprint density at radius 1 is 1.08 bits per heavy atom. The second kappa shape index (κ2) is 3.62. The molecule has 0 saturated heterocycles. The molecular weight excluding hydrogens is 230 g/mol. The van der Waals surface area contributed by atoms with Crippen LogP contribution in [0.2, 0.25) is 0 Å². The van der Waals surface area contributed by atoms with Crippen molar-refractivity contribution >= 4 is 15.9 Å². The summed E-state index contributed by atoms with van der Waals surface area (Å²) >= 11 is 3.32. The number of hydrogen-bond donors (Lipinski definition) is 0. The quantitative estimate of drug-likeness (QED) is 0.762. The molecule has 2 aromatic rings. The maximum Gasteiger partial charge on any atom is 0.139 e. The van der Waals surface area contributed by atoms with Gasteiger partial charge in [0, 0.05) is 5.56 Å². The second-order valence-electron chi connectivity index (χ2n) is 2.50.